The number of rotatable bonds is 12. The van der Waals surface area contributed by atoms with Gasteiger partial charge in [-0.3, -0.25) is 14.4 Å². The number of alkyl carbamates (subject to hydrolysis) is 1. The molecule has 0 fully saturated rings. The molecule has 2 rings (SSSR count). The van der Waals surface area contributed by atoms with Crippen molar-refractivity contribution in [2.45, 2.75) is 45.0 Å². The van der Waals surface area contributed by atoms with Crippen molar-refractivity contribution in [2.24, 2.45) is 5.92 Å². The highest BCUT2D eigenvalue weighted by Gasteiger charge is 2.32. The molecule has 2 aromatic carbocycles. The van der Waals surface area contributed by atoms with Gasteiger partial charge in [0.2, 0.25) is 11.8 Å². The van der Waals surface area contributed by atoms with E-state index in [1.807, 2.05) is 0 Å². The first-order chi connectivity index (χ1) is 17.6. The summed E-state index contributed by atoms with van der Waals surface area (Å²) in [5.74, 6) is -4.09. The molecule has 0 aliphatic heterocycles. The number of esters is 1. The van der Waals surface area contributed by atoms with E-state index in [4.69, 9.17) is 4.74 Å². The van der Waals surface area contributed by atoms with Gasteiger partial charge in [0.1, 0.15) is 24.7 Å². The van der Waals surface area contributed by atoms with Gasteiger partial charge >= 0.3 is 18.0 Å². The van der Waals surface area contributed by atoms with Crippen LogP contribution in [0.1, 0.15) is 37.4 Å². The van der Waals surface area contributed by atoms with Gasteiger partial charge in [0.15, 0.2) is 0 Å². The number of carboxylic acids is 1. The molecule has 4 N–H and O–H groups in total. The van der Waals surface area contributed by atoms with E-state index in [1.54, 1.807) is 74.5 Å². The summed E-state index contributed by atoms with van der Waals surface area (Å²) < 4.78 is 9.77. The highest BCUT2D eigenvalue weighted by Crippen LogP contribution is 2.15. The first-order valence-corrected chi connectivity index (χ1v) is 11.5. The Bertz CT molecular complexity index is 1080. The third-order valence-electron chi connectivity index (χ3n) is 5.33. The summed E-state index contributed by atoms with van der Waals surface area (Å²) in [6, 6.07) is 13.0. The van der Waals surface area contributed by atoms with Crippen LogP contribution in [0.25, 0.3) is 0 Å². The number of carboxylic acid groups (broad SMARTS) is 1. The van der Waals surface area contributed by atoms with Crippen LogP contribution in [0.2, 0.25) is 0 Å². The van der Waals surface area contributed by atoms with Gasteiger partial charge in [-0.05, 0) is 17.0 Å². The summed E-state index contributed by atoms with van der Waals surface area (Å²) in [6.45, 7) is 3.19. The number of hydrogen-bond donors (Lipinski definition) is 4. The second kappa shape index (κ2) is 14.2. The molecule has 0 spiro atoms. The van der Waals surface area contributed by atoms with Crippen LogP contribution in [0.15, 0.2) is 60.7 Å². The largest absolute Gasteiger partial charge is 0.480 e. The Hall–Kier alpha value is -4.41. The van der Waals surface area contributed by atoms with Crippen LogP contribution in [0, 0.1) is 5.92 Å². The van der Waals surface area contributed by atoms with Crippen LogP contribution in [0.3, 0.4) is 0 Å². The number of hydrogen-bond acceptors (Lipinski definition) is 7. The minimum atomic E-state index is -1.44. The van der Waals surface area contributed by atoms with Crippen molar-refractivity contribution in [1.82, 2.24) is 16.0 Å². The molecule has 0 aliphatic carbocycles. The summed E-state index contributed by atoms with van der Waals surface area (Å²) >= 11 is 0. The minimum absolute atomic E-state index is 0.0694. The summed E-state index contributed by atoms with van der Waals surface area (Å²) in [5, 5.41) is 16.7. The van der Waals surface area contributed by atoms with Crippen molar-refractivity contribution in [3.63, 3.8) is 0 Å². The fourth-order valence-corrected chi connectivity index (χ4v) is 3.31. The van der Waals surface area contributed by atoms with Crippen LogP contribution in [0.5, 0.6) is 0 Å². The Morgan fingerprint density at radius 1 is 0.838 bits per heavy atom. The van der Waals surface area contributed by atoms with Crippen molar-refractivity contribution in [1.29, 1.82) is 0 Å². The smallest absolute Gasteiger partial charge is 0.408 e. The van der Waals surface area contributed by atoms with E-state index in [2.05, 4.69) is 20.7 Å². The summed E-state index contributed by atoms with van der Waals surface area (Å²) in [5.41, 5.74) is 1.08. The molecule has 11 heteroatoms. The van der Waals surface area contributed by atoms with E-state index in [0.717, 1.165) is 7.11 Å². The molecule has 3 unspecified atom stereocenters. The lowest BCUT2D eigenvalue weighted by Crippen LogP contribution is -2.53. The maximum Gasteiger partial charge on any atom is 0.408 e. The van der Waals surface area contributed by atoms with Gasteiger partial charge in [-0.15, -0.1) is 0 Å². The van der Waals surface area contributed by atoms with Gasteiger partial charge in [-0.2, -0.15) is 0 Å². The predicted octanol–water partition coefficient (Wildman–Crippen LogP) is 1.93. The van der Waals surface area contributed by atoms with Crippen LogP contribution < -0.4 is 16.0 Å². The van der Waals surface area contributed by atoms with Crippen molar-refractivity contribution < 1.29 is 38.6 Å². The molecular weight excluding hydrogens is 482 g/mol. The number of carbonyl (C=O) groups is 5. The first kappa shape index (κ1) is 28.8. The highest BCUT2D eigenvalue weighted by molar-refractivity contribution is 5.95. The van der Waals surface area contributed by atoms with Crippen LogP contribution in [-0.2, 0) is 35.3 Å². The Morgan fingerprint density at radius 3 is 1.97 bits per heavy atom. The number of carbonyl (C=O) groups excluding carboxylic acids is 4. The van der Waals surface area contributed by atoms with Crippen molar-refractivity contribution in [3.05, 3.63) is 71.8 Å². The van der Waals surface area contributed by atoms with E-state index in [-0.39, 0.29) is 6.61 Å². The molecule has 0 aromatic heterocycles. The zero-order chi connectivity index (χ0) is 27.4. The number of methoxy groups -OCH3 is 1. The fourth-order valence-electron chi connectivity index (χ4n) is 3.31. The molecule has 3 atom stereocenters. The highest BCUT2D eigenvalue weighted by atomic mass is 16.5. The average molecular weight is 514 g/mol. The third kappa shape index (κ3) is 9.28. The van der Waals surface area contributed by atoms with Gasteiger partial charge in [-0.1, -0.05) is 74.5 Å². The molecular formula is C26H31N3O8. The SMILES string of the molecule is COC(=O)CC(NC(=O)OCc1ccccc1)C(=O)NC(C(=O)NC(C(=O)O)C(C)C)c1ccccc1. The monoisotopic (exact) mass is 513 g/mol. The van der Waals surface area contributed by atoms with Gasteiger partial charge in [0.25, 0.3) is 0 Å². The van der Waals surface area contributed by atoms with Gasteiger partial charge in [0.05, 0.1) is 13.5 Å². The molecule has 0 heterocycles. The molecule has 0 saturated heterocycles. The summed E-state index contributed by atoms with van der Waals surface area (Å²) in [6.07, 6.45) is -1.49. The van der Waals surface area contributed by atoms with Gasteiger partial charge in [0, 0.05) is 0 Å². The van der Waals surface area contributed by atoms with E-state index in [0.29, 0.717) is 11.1 Å². The molecule has 0 radical (unpaired) electrons. The number of aliphatic carboxylic acids is 1. The Balaban J connectivity index is 2.21. The molecule has 198 valence electrons. The van der Waals surface area contributed by atoms with Gasteiger partial charge in [-0.25, -0.2) is 9.59 Å². The van der Waals surface area contributed by atoms with Crippen molar-refractivity contribution in [2.75, 3.05) is 7.11 Å². The lowest BCUT2D eigenvalue weighted by atomic mass is 10.0. The predicted molar refractivity (Wildman–Crippen MR) is 132 cm³/mol. The Labute approximate surface area is 214 Å². The lowest BCUT2D eigenvalue weighted by Gasteiger charge is -2.25. The quantitative estimate of drug-likeness (QED) is 0.313. The first-order valence-electron chi connectivity index (χ1n) is 11.5. The standard InChI is InChI=1S/C26H31N3O8/c1-16(2)21(25(33)34)28-24(32)22(18-12-8-5-9-13-18)29-23(31)19(14-20(30)36-3)27-26(35)37-15-17-10-6-4-7-11-17/h4-13,16,19,21-22H,14-15H2,1-3H3,(H,27,35)(H,28,32)(H,29,31)(H,33,34). The second-order valence-corrected chi connectivity index (χ2v) is 8.46. The normalized spacial score (nSPS) is 13.0. The van der Waals surface area contributed by atoms with Crippen molar-refractivity contribution in [3.8, 4) is 0 Å². The number of amides is 3. The topological polar surface area (TPSA) is 160 Å². The fraction of sp³-hybridized carbons (Fsp3) is 0.346. The minimum Gasteiger partial charge on any atom is -0.480 e. The summed E-state index contributed by atoms with van der Waals surface area (Å²) in [4.78, 5) is 62.1. The number of benzene rings is 2. The molecule has 0 bridgehead atoms. The summed E-state index contributed by atoms with van der Waals surface area (Å²) in [7, 11) is 1.13. The Morgan fingerprint density at radius 2 is 1.43 bits per heavy atom. The molecule has 0 aliphatic rings. The molecule has 11 nitrogen and oxygen atoms in total. The lowest BCUT2D eigenvalue weighted by molar-refractivity contribution is -0.144. The average Bonchev–Trinajstić information content (AvgIpc) is 2.89. The van der Waals surface area contributed by atoms with Crippen LogP contribution in [-0.4, -0.2) is 54.1 Å². The van der Waals surface area contributed by atoms with Gasteiger partial charge < -0.3 is 30.5 Å². The zero-order valence-corrected chi connectivity index (χ0v) is 20.8. The third-order valence-corrected chi connectivity index (χ3v) is 5.33. The molecule has 37 heavy (non-hydrogen) atoms. The number of ether oxygens (including phenoxy) is 2. The number of nitrogens with one attached hydrogen (secondary N) is 3. The van der Waals surface area contributed by atoms with Crippen LogP contribution in [0.4, 0.5) is 4.79 Å². The van der Waals surface area contributed by atoms with Crippen molar-refractivity contribution >= 4 is 29.8 Å². The molecule has 3 amide bonds. The zero-order valence-electron chi connectivity index (χ0n) is 20.8. The maximum atomic E-state index is 13.2. The Kier molecular flexibility index (Phi) is 11.1. The maximum absolute atomic E-state index is 13.2. The van der Waals surface area contributed by atoms with E-state index in [9.17, 15) is 29.1 Å². The van der Waals surface area contributed by atoms with E-state index in [1.165, 1.54) is 0 Å². The van der Waals surface area contributed by atoms with E-state index < -0.39 is 60.3 Å². The molecule has 2 aromatic rings. The van der Waals surface area contributed by atoms with Crippen LogP contribution >= 0.6 is 0 Å². The van der Waals surface area contributed by atoms with E-state index >= 15 is 0 Å². The second-order valence-electron chi connectivity index (χ2n) is 8.46. The molecule has 0 saturated carbocycles.